The summed E-state index contributed by atoms with van der Waals surface area (Å²) >= 11 is 0. The molecule has 104 valence electrons. The monoisotopic (exact) mass is 273 g/mol. The van der Waals surface area contributed by atoms with Crippen molar-refractivity contribution in [3.8, 4) is 5.69 Å². The van der Waals surface area contributed by atoms with Crippen LogP contribution in [-0.2, 0) is 4.79 Å². The number of carbonyl (C=O) groups excluding carboxylic acids is 2. The van der Waals surface area contributed by atoms with Crippen molar-refractivity contribution in [2.75, 3.05) is 18.9 Å². The molecule has 7 nitrogen and oxygen atoms in total. The average molecular weight is 273 g/mol. The lowest BCUT2D eigenvalue weighted by Crippen LogP contribution is -2.37. The number of urea groups is 1. The van der Waals surface area contributed by atoms with Gasteiger partial charge in [0.2, 0.25) is 5.91 Å². The van der Waals surface area contributed by atoms with Gasteiger partial charge in [-0.15, -0.1) is 0 Å². The molecule has 0 saturated carbocycles. The largest absolute Gasteiger partial charge is 0.358 e. The highest BCUT2D eigenvalue weighted by Gasteiger charge is 2.08. The Morgan fingerprint density at radius 1 is 1.25 bits per heavy atom. The smallest absolute Gasteiger partial charge is 0.319 e. The van der Waals surface area contributed by atoms with Crippen LogP contribution in [0.4, 0.5) is 10.5 Å². The van der Waals surface area contributed by atoms with Crippen molar-refractivity contribution >= 4 is 17.6 Å². The molecular weight excluding hydrogens is 258 g/mol. The highest BCUT2D eigenvalue weighted by molar-refractivity contribution is 5.93. The number of para-hydroxylation sites is 2. The van der Waals surface area contributed by atoms with Gasteiger partial charge in [0.1, 0.15) is 0 Å². The fraction of sp³-hybridized carbons (Fsp3) is 0.154. The van der Waals surface area contributed by atoms with E-state index in [1.807, 2.05) is 12.1 Å². The van der Waals surface area contributed by atoms with Crippen LogP contribution in [0.2, 0.25) is 0 Å². The molecule has 0 radical (unpaired) electrons. The van der Waals surface area contributed by atoms with E-state index in [-0.39, 0.29) is 12.5 Å². The molecule has 3 amide bonds. The van der Waals surface area contributed by atoms with E-state index >= 15 is 0 Å². The lowest BCUT2D eigenvalue weighted by molar-refractivity contribution is -0.119. The molecule has 20 heavy (non-hydrogen) atoms. The number of amides is 3. The first-order valence-corrected chi connectivity index (χ1v) is 6.05. The molecule has 0 aliphatic heterocycles. The molecule has 7 heteroatoms. The van der Waals surface area contributed by atoms with Crippen molar-refractivity contribution in [2.24, 2.45) is 0 Å². The first kappa shape index (κ1) is 13.6. The third-order valence-electron chi connectivity index (χ3n) is 2.59. The number of anilines is 1. The second-order valence-corrected chi connectivity index (χ2v) is 3.95. The molecule has 1 aromatic heterocycles. The van der Waals surface area contributed by atoms with Crippen LogP contribution >= 0.6 is 0 Å². The van der Waals surface area contributed by atoms with Gasteiger partial charge in [0, 0.05) is 19.4 Å². The Labute approximate surface area is 116 Å². The normalized spacial score (nSPS) is 9.85. The molecule has 1 aromatic carbocycles. The maximum Gasteiger partial charge on any atom is 0.319 e. The van der Waals surface area contributed by atoms with E-state index in [1.165, 1.54) is 7.05 Å². The summed E-state index contributed by atoms with van der Waals surface area (Å²) in [5.74, 6) is -0.263. The topological polar surface area (TPSA) is 88.0 Å². The van der Waals surface area contributed by atoms with E-state index in [0.29, 0.717) is 5.69 Å². The van der Waals surface area contributed by atoms with Crippen molar-refractivity contribution in [1.29, 1.82) is 0 Å². The van der Waals surface area contributed by atoms with Crippen molar-refractivity contribution < 1.29 is 9.59 Å². The number of nitrogens with one attached hydrogen (secondary N) is 3. The number of hydrogen-bond donors (Lipinski definition) is 3. The molecule has 0 fully saturated rings. The molecule has 0 atom stereocenters. The van der Waals surface area contributed by atoms with Crippen LogP contribution in [0.15, 0.2) is 42.7 Å². The zero-order chi connectivity index (χ0) is 14.4. The van der Waals surface area contributed by atoms with Gasteiger partial charge in [-0.25, -0.2) is 9.48 Å². The summed E-state index contributed by atoms with van der Waals surface area (Å²) in [7, 11) is 1.51. The first-order chi connectivity index (χ1) is 9.70. The van der Waals surface area contributed by atoms with Crippen LogP contribution in [0.1, 0.15) is 0 Å². The Kier molecular flexibility index (Phi) is 4.33. The Morgan fingerprint density at radius 3 is 2.75 bits per heavy atom. The summed E-state index contributed by atoms with van der Waals surface area (Å²) in [5.41, 5.74) is 1.35. The van der Waals surface area contributed by atoms with Gasteiger partial charge < -0.3 is 16.0 Å². The van der Waals surface area contributed by atoms with Crippen molar-refractivity contribution in [3.05, 3.63) is 42.7 Å². The highest BCUT2D eigenvalue weighted by atomic mass is 16.2. The molecule has 0 spiro atoms. The third kappa shape index (κ3) is 3.35. The number of benzene rings is 1. The predicted octanol–water partition coefficient (Wildman–Crippen LogP) is 0.740. The highest BCUT2D eigenvalue weighted by Crippen LogP contribution is 2.18. The lowest BCUT2D eigenvalue weighted by atomic mass is 10.2. The standard InChI is InChI=1S/C13H15N5O2/c1-14-12(19)9-15-13(20)17-10-5-2-3-6-11(10)18-8-4-7-16-18/h2-8H,9H2,1H3,(H,14,19)(H2,15,17,20). The Morgan fingerprint density at radius 2 is 2.05 bits per heavy atom. The predicted molar refractivity (Wildman–Crippen MR) is 74.7 cm³/mol. The first-order valence-electron chi connectivity index (χ1n) is 6.05. The summed E-state index contributed by atoms with van der Waals surface area (Å²) in [5, 5.41) is 11.7. The number of hydrogen-bond acceptors (Lipinski definition) is 3. The van der Waals surface area contributed by atoms with Gasteiger partial charge in [-0.2, -0.15) is 5.10 Å². The summed E-state index contributed by atoms with van der Waals surface area (Å²) in [4.78, 5) is 22.8. The molecule has 0 bridgehead atoms. The Bertz CT molecular complexity index is 595. The fourth-order valence-electron chi connectivity index (χ4n) is 1.61. The van der Waals surface area contributed by atoms with E-state index < -0.39 is 6.03 Å². The second-order valence-electron chi connectivity index (χ2n) is 3.95. The van der Waals surface area contributed by atoms with Crippen LogP contribution < -0.4 is 16.0 Å². The van der Waals surface area contributed by atoms with Crippen LogP contribution in [-0.4, -0.2) is 35.3 Å². The minimum absolute atomic E-state index is 0.0771. The molecule has 1 heterocycles. The van der Waals surface area contributed by atoms with Crippen LogP contribution in [0.25, 0.3) is 5.69 Å². The molecule has 0 aliphatic carbocycles. The average Bonchev–Trinajstić information content (AvgIpc) is 2.99. The van der Waals surface area contributed by atoms with E-state index in [1.54, 1.807) is 35.3 Å². The van der Waals surface area contributed by atoms with Gasteiger partial charge in [0.15, 0.2) is 0 Å². The fourth-order valence-corrected chi connectivity index (χ4v) is 1.61. The number of likely N-dealkylation sites (N-methyl/N-ethyl adjacent to an activating group) is 1. The Hall–Kier alpha value is -2.83. The van der Waals surface area contributed by atoms with Crippen LogP contribution in [0.3, 0.4) is 0 Å². The van der Waals surface area contributed by atoms with Gasteiger partial charge in [-0.3, -0.25) is 4.79 Å². The third-order valence-corrected chi connectivity index (χ3v) is 2.59. The van der Waals surface area contributed by atoms with Gasteiger partial charge >= 0.3 is 6.03 Å². The number of aromatic nitrogens is 2. The van der Waals surface area contributed by atoms with Gasteiger partial charge in [-0.1, -0.05) is 12.1 Å². The van der Waals surface area contributed by atoms with Crippen molar-refractivity contribution in [2.45, 2.75) is 0 Å². The summed E-state index contributed by atoms with van der Waals surface area (Å²) in [6.45, 7) is -0.0771. The minimum Gasteiger partial charge on any atom is -0.358 e. The molecule has 0 saturated heterocycles. The Balaban J connectivity index is 2.06. The molecular formula is C13H15N5O2. The molecule has 3 N–H and O–H groups in total. The summed E-state index contributed by atoms with van der Waals surface area (Å²) in [6, 6.07) is 8.60. The lowest BCUT2D eigenvalue weighted by Gasteiger charge is -2.11. The second kappa shape index (κ2) is 6.37. The maximum absolute atomic E-state index is 11.7. The summed E-state index contributed by atoms with van der Waals surface area (Å²) < 4.78 is 1.65. The van der Waals surface area contributed by atoms with Gasteiger partial charge in [0.05, 0.1) is 17.9 Å². The molecule has 2 aromatic rings. The van der Waals surface area contributed by atoms with E-state index in [2.05, 4.69) is 21.0 Å². The van der Waals surface area contributed by atoms with Gasteiger partial charge in [-0.05, 0) is 18.2 Å². The van der Waals surface area contributed by atoms with Crippen molar-refractivity contribution in [1.82, 2.24) is 20.4 Å². The number of nitrogens with zero attached hydrogens (tertiary/aromatic N) is 2. The quantitative estimate of drug-likeness (QED) is 0.767. The minimum atomic E-state index is -0.451. The molecule has 0 unspecified atom stereocenters. The SMILES string of the molecule is CNC(=O)CNC(=O)Nc1ccccc1-n1cccn1. The number of carbonyl (C=O) groups is 2. The van der Waals surface area contributed by atoms with E-state index in [0.717, 1.165) is 5.69 Å². The van der Waals surface area contributed by atoms with Crippen LogP contribution in [0, 0.1) is 0 Å². The maximum atomic E-state index is 11.7. The van der Waals surface area contributed by atoms with Gasteiger partial charge in [0.25, 0.3) is 0 Å². The molecule has 0 aliphatic rings. The number of rotatable bonds is 4. The summed E-state index contributed by atoms with van der Waals surface area (Å²) in [6.07, 6.45) is 3.44. The zero-order valence-corrected chi connectivity index (χ0v) is 11.0. The zero-order valence-electron chi connectivity index (χ0n) is 11.0. The van der Waals surface area contributed by atoms with E-state index in [9.17, 15) is 9.59 Å². The molecule has 2 rings (SSSR count). The van der Waals surface area contributed by atoms with Crippen LogP contribution in [0.5, 0.6) is 0 Å². The van der Waals surface area contributed by atoms with Crippen molar-refractivity contribution in [3.63, 3.8) is 0 Å². The van der Waals surface area contributed by atoms with E-state index in [4.69, 9.17) is 0 Å².